The summed E-state index contributed by atoms with van der Waals surface area (Å²) in [5, 5.41) is 0. The fraction of sp³-hybridized carbons (Fsp3) is 0.400. The van der Waals surface area contributed by atoms with Crippen molar-refractivity contribution in [3.05, 3.63) is 84.7 Å². The summed E-state index contributed by atoms with van der Waals surface area (Å²) in [5.74, 6) is 1.51. The van der Waals surface area contributed by atoms with Crippen LogP contribution in [-0.2, 0) is 9.47 Å². The number of nitrogens with one attached hydrogen (secondary N) is 3. The Morgan fingerprint density at radius 3 is 1.33 bits per heavy atom. The fourth-order valence-corrected chi connectivity index (χ4v) is 6.81. The van der Waals surface area contributed by atoms with Gasteiger partial charge in [0.1, 0.15) is 22.9 Å². The van der Waals surface area contributed by atoms with Gasteiger partial charge in [0.25, 0.3) is 0 Å². The van der Waals surface area contributed by atoms with Crippen molar-refractivity contribution >= 4 is 12.2 Å². The van der Waals surface area contributed by atoms with Crippen molar-refractivity contribution in [1.82, 2.24) is 34.7 Å². The lowest BCUT2D eigenvalue weighted by molar-refractivity contribution is 0.0208. The van der Waals surface area contributed by atoms with E-state index in [4.69, 9.17) is 10.9 Å². The van der Waals surface area contributed by atoms with Crippen LogP contribution >= 0.6 is 0 Å². The largest absolute Gasteiger partial charge is 0.444 e. The quantitative estimate of drug-likeness (QED) is 0.163. The van der Waals surface area contributed by atoms with Gasteiger partial charge in [0, 0.05) is 24.5 Å². The maximum atomic E-state index is 12.8. The number of nitrogens with zero attached hydrogens (tertiary/aromatic N) is 4. The molecule has 2 amide bonds. The summed E-state index contributed by atoms with van der Waals surface area (Å²) in [6.07, 6.45) is 6.45. The summed E-state index contributed by atoms with van der Waals surface area (Å²) < 4.78 is 20.2. The number of carbonyl (C=O) groups is 2. The van der Waals surface area contributed by atoms with E-state index in [1.54, 1.807) is 9.80 Å². The van der Waals surface area contributed by atoms with Gasteiger partial charge in [0.2, 0.25) is 0 Å². The standard InChI is InChI=1S/C40H47N7O4/c1-39(2,3)50-37(48)46-21-7-9-33(46)35-41-23-31(44-35)27-15-11-25(12-16-27)29-19-20-30(43-29)26-13-17-28(18-14-26)32-24-42-36(45-32)34-10-8-22-47(34)38(49)51-40(4,5)6/h11-20,23-24,33-34,43H,7-10,21-22H2,1-6H3,(H,41,44)(H,42,45)/i/hD. The molecule has 2 atom stereocenters. The summed E-state index contributed by atoms with van der Waals surface area (Å²) in [4.78, 5) is 46.7. The monoisotopic (exact) mass is 690 g/mol. The molecule has 2 fully saturated rings. The molecule has 2 unspecified atom stereocenters. The number of carbonyl (C=O) groups excluding carboxylic acids is 2. The number of imidazole rings is 2. The Hall–Kier alpha value is -5.32. The highest BCUT2D eigenvalue weighted by atomic mass is 16.6. The van der Waals surface area contributed by atoms with Crippen LogP contribution in [0.4, 0.5) is 9.59 Å². The van der Waals surface area contributed by atoms with E-state index in [9.17, 15) is 9.59 Å². The summed E-state index contributed by atoms with van der Waals surface area (Å²) in [7, 11) is 0. The van der Waals surface area contributed by atoms with Crippen molar-refractivity contribution in [2.75, 3.05) is 13.1 Å². The molecule has 0 bridgehead atoms. The maximum absolute atomic E-state index is 12.8. The van der Waals surface area contributed by atoms with Crippen LogP contribution in [0.5, 0.6) is 0 Å². The van der Waals surface area contributed by atoms with Crippen LogP contribution in [0.25, 0.3) is 45.0 Å². The highest BCUT2D eigenvalue weighted by molar-refractivity contribution is 5.73. The second-order valence-electron chi connectivity index (χ2n) is 15.4. The number of hydrogen-bond donors (Lipinski definition) is 3. The van der Waals surface area contributed by atoms with E-state index in [0.29, 0.717) is 13.1 Å². The molecule has 3 aromatic heterocycles. The first-order valence-corrected chi connectivity index (χ1v) is 17.8. The first-order valence-electron chi connectivity index (χ1n) is 18.2. The summed E-state index contributed by atoms with van der Waals surface area (Å²) in [5.41, 5.74) is 5.96. The van der Waals surface area contributed by atoms with Crippen LogP contribution in [0.3, 0.4) is 0 Å². The molecule has 7 rings (SSSR count). The molecule has 11 heteroatoms. The molecular formula is C40H47N7O4. The van der Waals surface area contributed by atoms with Crippen LogP contribution in [0.1, 0.15) is 91.0 Å². The number of H-pyrrole nitrogens is 3. The van der Waals surface area contributed by atoms with Crippen molar-refractivity contribution in [2.24, 2.45) is 0 Å². The van der Waals surface area contributed by atoms with E-state index in [1.165, 1.54) is 4.98 Å². The molecule has 0 radical (unpaired) electrons. The zero-order chi connectivity index (χ0) is 36.8. The molecule has 11 nitrogen and oxygen atoms in total. The van der Waals surface area contributed by atoms with Gasteiger partial charge in [-0.05, 0) is 102 Å². The minimum atomic E-state index is -0.554. The molecule has 5 heterocycles. The molecule has 0 spiro atoms. The number of hydrogen-bond acceptors (Lipinski definition) is 6. The number of amides is 2. The average Bonchev–Trinajstić information content (AvgIpc) is 3.93. The summed E-state index contributed by atoms with van der Waals surface area (Å²) in [6.45, 7) is 12.5. The molecule has 0 saturated carbocycles. The third-order valence-electron chi connectivity index (χ3n) is 9.21. The Morgan fingerprint density at radius 2 is 0.980 bits per heavy atom. The van der Waals surface area contributed by atoms with Crippen molar-refractivity contribution in [1.29, 1.82) is 0 Å². The summed E-state index contributed by atoms with van der Waals surface area (Å²) in [6, 6.07) is 19.7. The Labute approximate surface area is 300 Å². The SMILES string of the molecule is [2H]n1c(-c2ccc(-c3cnc(C4CCCN4C(=O)OC(C)(C)C)[nH]3)cc2)ccc1-c1ccc(-c2cnc(C3CCCN3C(=O)OC(C)(C)C)[nH]2)cc1. The number of ether oxygens (including phenoxy) is 2. The Balaban J connectivity index is 1.02. The van der Waals surface area contributed by atoms with E-state index >= 15 is 0 Å². The van der Waals surface area contributed by atoms with Crippen molar-refractivity contribution in [3.8, 4) is 45.0 Å². The van der Waals surface area contributed by atoms with E-state index in [-0.39, 0.29) is 24.3 Å². The van der Waals surface area contributed by atoms with Gasteiger partial charge in [-0.15, -0.1) is 0 Å². The van der Waals surface area contributed by atoms with Gasteiger partial charge in [0.15, 0.2) is 1.41 Å². The number of rotatable bonds is 6. The lowest BCUT2D eigenvalue weighted by atomic mass is 10.1. The minimum absolute atomic E-state index is 0.146. The highest BCUT2D eigenvalue weighted by Gasteiger charge is 2.36. The first-order chi connectivity index (χ1) is 24.7. The number of aromatic nitrogens is 5. The van der Waals surface area contributed by atoms with Gasteiger partial charge in [-0.25, -0.2) is 19.6 Å². The molecular weight excluding hydrogens is 642 g/mol. The van der Waals surface area contributed by atoms with Gasteiger partial charge in [-0.3, -0.25) is 9.80 Å². The topological polar surface area (TPSA) is 132 Å². The Kier molecular flexibility index (Phi) is 8.65. The summed E-state index contributed by atoms with van der Waals surface area (Å²) >= 11 is 0. The molecule has 0 aliphatic carbocycles. The molecule has 5 aromatic rings. The van der Waals surface area contributed by atoms with Gasteiger partial charge < -0.3 is 24.4 Å². The van der Waals surface area contributed by atoms with E-state index in [0.717, 1.165) is 82.4 Å². The van der Waals surface area contributed by atoms with Gasteiger partial charge in [0.05, 0.1) is 35.9 Å². The Morgan fingerprint density at radius 1 is 0.627 bits per heavy atom. The smallest absolute Gasteiger partial charge is 0.410 e. The molecule has 2 aromatic carbocycles. The second-order valence-corrected chi connectivity index (χ2v) is 15.4. The van der Waals surface area contributed by atoms with E-state index in [2.05, 4.69) is 19.9 Å². The minimum Gasteiger partial charge on any atom is -0.444 e. The van der Waals surface area contributed by atoms with E-state index < -0.39 is 11.2 Å². The first kappa shape index (κ1) is 32.9. The molecule has 2 aliphatic rings. The molecule has 2 saturated heterocycles. The predicted octanol–water partition coefficient (Wildman–Crippen LogP) is 9.27. The molecule has 266 valence electrons. The lowest BCUT2D eigenvalue weighted by Gasteiger charge is -2.27. The number of benzene rings is 2. The van der Waals surface area contributed by atoms with Crippen LogP contribution in [-0.4, -0.2) is 71.2 Å². The van der Waals surface area contributed by atoms with Crippen molar-refractivity contribution < 1.29 is 20.5 Å². The number of likely N-dealkylation sites (tertiary alicyclic amines) is 2. The fourth-order valence-electron chi connectivity index (χ4n) is 6.81. The van der Waals surface area contributed by atoms with Gasteiger partial charge in [-0.1, -0.05) is 48.5 Å². The highest BCUT2D eigenvalue weighted by Crippen LogP contribution is 2.35. The third-order valence-corrected chi connectivity index (χ3v) is 9.21. The lowest BCUT2D eigenvalue weighted by Crippen LogP contribution is -2.36. The Bertz CT molecular complexity index is 1900. The third kappa shape index (κ3) is 7.57. The zero-order valence-corrected chi connectivity index (χ0v) is 30.2. The second kappa shape index (κ2) is 13.4. The van der Waals surface area contributed by atoms with Crippen LogP contribution < -0.4 is 0 Å². The van der Waals surface area contributed by atoms with Gasteiger partial charge in [-0.2, -0.15) is 0 Å². The maximum Gasteiger partial charge on any atom is 0.410 e. The zero-order valence-electron chi connectivity index (χ0n) is 31.2. The normalized spacial score (nSPS) is 18.3. The predicted molar refractivity (Wildman–Crippen MR) is 197 cm³/mol. The van der Waals surface area contributed by atoms with Crippen LogP contribution in [0.2, 0.25) is 1.41 Å². The van der Waals surface area contributed by atoms with Crippen molar-refractivity contribution in [2.45, 2.75) is 90.5 Å². The van der Waals surface area contributed by atoms with Gasteiger partial charge >= 0.3 is 12.2 Å². The van der Waals surface area contributed by atoms with Crippen LogP contribution in [0.15, 0.2) is 73.1 Å². The average molecular weight is 691 g/mol. The van der Waals surface area contributed by atoms with Crippen molar-refractivity contribution in [3.63, 3.8) is 0 Å². The molecule has 51 heavy (non-hydrogen) atoms. The van der Waals surface area contributed by atoms with Crippen LogP contribution in [0, 0.1) is 0 Å². The number of aromatic amines is 3. The molecule has 3 N–H and O–H groups in total. The molecule has 2 aliphatic heterocycles. The van der Waals surface area contributed by atoms with E-state index in [1.807, 2.05) is 115 Å².